The largest absolute Gasteiger partial charge is 0.507 e. The lowest BCUT2D eigenvalue weighted by Gasteiger charge is -2.07. The Kier molecular flexibility index (Phi) is 4.15. The Morgan fingerprint density at radius 3 is 2.19 bits per heavy atom. The molecule has 1 heterocycles. The normalized spacial score (nSPS) is 10.7. The lowest BCUT2D eigenvalue weighted by atomic mass is 10.1. The van der Waals surface area contributed by atoms with E-state index in [2.05, 4.69) is 0 Å². The molecule has 128 valence electrons. The van der Waals surface area contributed by atoms with Crippen molar-refractivity contribution in [3.8, 4) is 39.7 Å². The van der Waals surface area contributed by atoms with Crippen LogP contribution in [0.15, 0.2) is 84.9 Å². The second kappa shape index (κ2) is 6.76. The zero-order chi connectivity index (χ0) is 17.9. The number of rotatable bonds is 4. The number of hydrogen-bond donors (Lipinski definition) is 1. The average Bonchev–Trinajstić information content (AvgIpc) is 3.14. The minimum absolute atomic E-state index is 0.140. The maximum absolute atomic E-state index is 10.4. The van der Waals surface area contributed by atoms with Gasteiger partial charge in [0.2, 0.25) is 0 Å². The van der Waals surface area contributed by atoms with E-state index in [1.165, 1.54) is 0 Å². The van der Waals surface area contributed by atoms with Gasteiger partial charge in [0.1, 0.15) is 11.5 Å². The molecular weight excluding hydrogens is 324 g/mol. The van der Waals surface area contributed by atoms with E-state index >= 15 is 0 Å². The topological polar surface area (TPSA) is 47.3 Å². The van der Waals surface area contributed by atoms with Gasteiger partial charge in [-0.1, -0.05) is 48.5 Å². The maximum Gasteiger partial charge on any atom is 0.128 e. The molecule has 0 atom stereocenters. The lowest BCUT2D eigenvalue weighted by Crippen LogP contribution is -1.98. The van der Waals surface area contributed by atoms with E-state index in [1.807, 2.05) is 83.5 Å². The molecule has 0 fully saturated rings. The number of hydrogen-bond acceptors (Lipinski definition) is 3. The number of nitrogens with zero attached hydrogens (tertiary/aromatic N) is 2. The van der Waals surface area contributed by atoms with E-state index in [9.17, 15) is 5.11 Å². The van der Waals surface area contributed by atoms with Crippen LogP contribution < -0.4 is 4.74 Å². The quantitative estimate of drug-likeness (QED) is 0.572. The van der Waals surface area contributed by atoms with Crippen molar-refractivity contribution >= 4 is 0 Å². The number of benzene rings is 3. The zero-order valence-electron chi connectivity index (χ0n) is 14.3. The summed E-state index contributed by atoms with van der Waals surface area (Å²) in [6.07, 6.45) is 0. The molecule has 4 nitrogen and oxygen atoms in total. The Hall–Kier alpha value is -3.53. The van der Waals surface area contributed by atoms with Gasteiger partial charge in [0.15, 0.2) is 0 Å². The third kappa shape index (κ3) is 2.93. The summed E-state index contributed by atoms with van der Waals surface area (Å²) in [6, 6.07) is 27.3. The van der Waals surface area contributed by atoms with E-state index in [1.54, 1.807) is 13.2 Å². The van der Waals surface area contributed by atoms with E-state index in [4.69, 9.17) is 9.84 Å². The second-order valence-corrected chi connectivity index (χ2v) is 5.91. The third-order valence-electron chi connectivity index (χ3n) is 4.26. The number of phenols is 1. The van der Waals surface area contributed by atoms with Gasteiger partial charge in [0, 0.05) is 17.2 Å². The van der Waals surface area contributed by atoms with E-state index in [-0.39, 0.29) is 5.75 Å². The van der Waals surface area contributed by atoms with Crippen molar-refractivity contribution in [2.45, 2.75) is 0 Å². The molecule has 0 saturated heterocycles. The highest BCUT2D eigenvalue weighted by Crippen LogP contribution is 2.35. The standard InChI is InChI=1S/C22H18N2O2/c1-26-18-12-13-19(22(25)14-18)20-15-21(16-8-4-2-5-9-16)24(23-20)17-10-6-3-7-11-17/h2-15,25H,1H3. The fraction of sp³-hybridized carbons (Fsp3) is 0.0455. The smallest absolute Gasteiger partial charge is 0.128 e. The lowest BCUT2D eigenvalue weighted by molar-refractivity contribution is 0.408. The summed E-state index contributed by atoms with van der Waals surface area (Å²) in [5, 5.41) is 15.1. The molecule has 4 rings (SSSR count). The molecule has 0 aliphatic heterocycles. The van der Waals surface area contributed by atoms with Crippen LogP contribution >= 0.6 is 0 Å². The molecule has 0 saturated carbocycles. The van der Waals surface area contributed by atoms with Crippen LogP contribution in [0.2, 0.25) is 0 Å². The van der Waals surface area contributed by atoms with E-state index < -0.39 is 0 Å². The fourth-order valence-corrected chi connectivity index (χ4v) is 2.95. The molecule has 26 heavy (non-hydrogen) atoms. The number of ether oxygens (including phenoxy) is 1. The van der Waals surface area contributed by atoms with Crippen molar-refractivity contribution in [3.63, 3.8) is 0 Å². The summed E-state index contributed by atoms with van der Waals surface area (Å²) in [4.78, 5) is 0. The van der Waals surface area contributed by atoms with Crippen LogP contribution in [0.3, 0.4) is 0 Å². The van der Waals surface area contributed by atoms with Gasteiger partial charge < -0.3 is 9.84 Å². The summed E-state index contributed by atoms with van der Waals surface area (Å²) in [7, 11) is 1.58. The van der Waals surface area contributed by atoms with Crippen LogP contribution in [0.1, 0.15) is 0 Å². The van der Waals surface area contributed by atoms with Gasteiger partial charge >= 0.3 is 0 Å². The molecule has 4 heteroatoms. The predicted molar refractivity (Wildman–Crippen MR) is 103 cm³/mol. The minimum Gasteiger partial charge on any atom is -0.507 e. The van der Waals surface area contributed by atoms with Crippen LogP contribution in [0.5, 0.6) is 11.5 Å². The van der Waals surface area contributed by atoms with Gasteiger partial charge in [-0.3, -0.25) is 0 Å². The summed E-state index contributed by atoms with van der Waals surface area (Å²) in [5.41, 5.74) is 4.35. The summed E-state index contributed by atoms with van der Waals surface area (Å²) in [5.74, 6) is 0.749. The van der Waals surface area contributed by atoms with Crippen LogP contribution in [-0.4, -0.2) is 22.0 Å². The van der Waals surface area contributed by atoms with Crippen LogP contribution in [0.25, 0.3) is 28.2 Å². The molecular formula is C22H18N2O2. The molecule has 0 spiro atoms. The SMILES string of the molecule is COc1ccc(-c2cc(-c3ccccc3)n(-c3ccccc3)n2)c(O)c1. The van der Waals surface area contributed by atoms with Crippen LogP contribution in [0, 0.1) is 0 Å². The maximum atomic E-state index is 10.4. The first-order chi connectivity index (χ1) is 12.8. The molecule has 1 aromatic heterocycles. The van der Waals surface area contributed by atoms with Gasteiger partial charge in [-0.25, -0.2) is 4.68 Å². The van der Waals surface area contributed by atoms with Gasteiger partial charge in [-0.05, 0) is 30.3 Å². The molecule has 0 unspecified atom stereocenters. The van der Waals surface area contributed by atoms with Crippen molar-refractivity contribution in [3.05, 3.63) is 84.9 Å². The Balaban J connectivity index is 1.89. The number of para-hydroxylation sites is 1. The van der Waals surface area contributed by atoms with E-state index in [0.29, 0.717) is 17.0 Å². The summed E-state index contributed by atoms with van der Waals surface area (Å²) >= 11 is 0. The van der Waals surface area contributed by atoms with Crippen molar-refractivity contribution in [1.82, 2.24) is 9.78 Å². The van der Waals surface area contributed by atoms with E-state index in [0.717, 1.165) is 16.9 Å². The number of methoxy groups -OCH3 is 1. The minimum atomic E-state index is 0.140. The van der Waals surface area contributed by atoms with Gasteiger partial charge in [-0.15, -0.1) is 0 Å². The molecule has 0 bridgehead atoms. The Morgan fingerprint density at radius 1 is 0.846 bits per heavy atom. The molecule has 0 aliphatic rings. The Bertz CT molecular complexity index is 968. The first kappa shape index (κ1) is 16.0. The summed E-state index contributed by atoms with van der Waals surface area (Å²) in [6.45, 7) is 0. The number of aromatic hydroxyl groups is 1. The number of phenolic OH excluding ortho intramolecular Hbond substituents is 1. The Morgan fingerprint density at radius 2 is 1.54 bits per heavy atom. The highest BCUT2D eigenvalue weighted by atomic mass is 16.5. The fourth-order valence-electron chi connectivity index (χ4n) is 2.95. The zero-order valence-corrected chi connectivity index (χ0v) is 14.3. The van der Waals surface area contributed by atoms with Crippen molar-refractivity contribution in [2.24, 2.45) is 0 Å². The first-order valence-corrected chi connectivity index (χ1v) is 8.34. The molecule has 0 amide bonds. The number of aromatic nitrogens is 2. The molecule has 0 aliphatic carbocycles. The monoisotopic (exact) mass is 342 g/mol. The van der Waals surface area contributed by atoms with Gasteiger partial charge in [0.25, 0.3) is 0 Å². The van der Waals surface area contributed by atoms with Gasteiger partial charge in [-0.2, -0.15) is 5.10 Å². The van der Waals surface area contributed by atoms with Crippen LogP contribution in [0.4, 0.5) is 0 Å². The second-order valence-electron chi connectivity index (χ2n) is 5.91. The first-order valence-electron chi connectivity index (χ1n) is 8.34. The Labute approximate surface area is 151 Å². The van der Waals surface area contributed by atoms with Crippen LogP contribution in [-0.2, 0) is 0 Å². The van der Waals surface area contributed by atoms with Crippen molar-refractivity contribution < 1.29 is 9.84 Å². The van der Waals surface area contributed by atoms with Crippen molar-refractivity contribution in [1.29, 1.82) is 0 Å². The molecule has 1 N–H and O–H groups in total. The van der Waals surface area contributed by atoms with Gasteiger partial charge in [0.05, 0.1) is 24.2 Å². The molecule has 4 aromatic rings. The molecule has 3 aromatic carbocycles. The molecule has 0 radical (unpaired) electrons. The predicted octanol–water partition coefficient (Wildman–Crippen LogP) is 4.92. The third-order valence-corrected chi connectivity index (χ3v) is 4.26. The van der Waals surface area contributed by atoms with Crippen molar-refractivity contribution in [2.75, 3.05) is 7.11 Å². The average molecular weight is 342 g/mol. The summed E-state index contributed by atoms with van der Waals surface area (Å²) < 4.78 is 7.07. The highest BCUT2D eigenvalue weighted by Gasteiger charge is 2.15. The highest BCUT2D eigenvalue weighted by molar-refractivity contribution is 5.74.